The number of nitrogens with zero attached hydrogens (tertiary/aromatic N) is 2. The summed E-state index contributed by atoms with van der Waals surface area (Å²) in [5, 5.41) is 9.66. The minimum atomic E-state index is 0.199. The van der Waals surface area contributed by atoms with Gasteiger partial charge in [0, 0.05) is 31.7 Å². The van der Waals surface area contributed by atoms with Gasteiger partial charge in [-0.15, -0.1) is 0 Å². The van der Waals surface area contributed by atoms with E-state index in [0.29, 0.717) is 17.8 Å². The summed E-state index contributed by atoms with van der Waals surface area (Å²) in [5.41, 5.74) is 1.19. The fraction of sp³-hybridized carbons (Fsp3) is 0.600. The molecule has 1 aromatic carbocycles. The molecule has 1 fully saturated rings. The zero-order chi connectivity index (χ0) is 14.0. The lowest BCUT2D eigenvalue weighted by molar-refractivity contribution is 0.0774. The molecule has 0 aliphatic carbocycles. The van der Waals surface area contributed by atoms with Crippen LogP contribution in [0.1, 0.15) is 25.5 Å². The largest absolute Gasteiger partial charge is 0.504 e. The first-order valence-corrected chi connectivity index (χ1v) is 6.84. The lowest BCUT2D eigenvalue weighted by Gasteiger charge is -2.41. The van der Waals surface area contributed by atoms with Gasteiger partial charge in [0.25, 0.3) is 0 Å². The maximum Gasteiger partial charge on any atom is 0.160 e. The van der Waals surface area contributed by atoms with E-state index in [2.05, 4.69) is 30.7 Å². The second kappa shape index (κ2) is 5.80. The summed E-state index contributed by atoms with van der Waals surface area (Å²) in [6, 6.07) is 6.54. The minimum Gasteiger partial charge on any atom is -0.504 e. The number of piperazine rings is 1. The second-order valence-corrected chi connectivity index (χ2v) is 5.43. The van der Waals surface area contributed by atoms with Crippen molar-refractivity contribution in [1.82, 2.24) is 9.80 Å². The highest BCUT2D eigenvalue weighted by Gasteiger charge is 2.25. The van der Waals surface area contributed by atoms with Crippen LogP contribution in [0.25, 0.3) is 0 Å². The van der Waals surface area contributed by atoms with E-state index in [-0.39, 0.29) is 5.75 Å². The molecule has 1 saturated heterocycles. The molecular weight excluding hydrogens is 240 g/mol. The van der Waals surface area contributed by atoms with Gasteiger partial charge in [0.1, 0.15) is 0 Å². The van der Waals surface area contributed by atoms with E-state index >= 15 is 0 Å². The molecule has 1 N–H and O–H groups in total. The quantitative estimate of drug-likeness (QED) is 0.907. The summed E-state index contributed by atoms with van der Waals surface area (Å²) in [7, 11) is 3.76. The molecule has 2 atom stereocenters. The number of rotatable bonds is 3. The van der Waals surface area contributed by atoms with Crippen LogP contribution < -0.4 is 4.74 Å². The highest BCUT2D eigenvalue weighted by atomic mass is 16.5. The maximum atomic E-state index is 9.66. The van der Waals surface area contributed by atoms with Gasteiger partial charge in [-0.05, 0) is 38.6 Å². The minimum absolute atomic E-state index is 0.199. The van der Waals surface area contributed by atoms with Crippen LogP contribution in [0.2, 0.25) is 0 Å². The highest BCUT2D eigenvalue weighted by molar-refractivity contribution is 5.42. The number of aromatic hydroxyl groups is 1. The monoisotopic (exact) mass is 264 g/mol. The maximum absolute atomic E-state index is 9.66. The van der Waals surface area contributed by atoms with Crippen molar-refractivity contribution < 1.29 is 9.84 Å². The smallest absolute Gasteiger partial charge is 0.160 e. The van der Waals surface area contributed by atoms with Gasteiger partial charge in [0.15, 0.2) is 11.5 Å². The molecule has 19 heavy (non-hydrogen) atoms. The first kappa shape index (κ1) is 14.2. The Morgan fingerprint density at radius 3 is 2.74 bits per heavy atom. The molecule has 0 bridgehead atoms. The van der Waals surface area contributed by atoms with E-state index in [1.54, 1.807) is 13.2 Å². The number of phenols is 1. The van der Waals surface area contributed by atoms with E-state index in [4.69, 9.17) is 4.74 Å². The molecule has 1 aromatic rings. The van der Waals surface area contributed by atoms with Gasteiger partial charge >= 0.3 is 0 Å². The third-order valence-electron chi connectivity index (χ3n) is 4.23. The molecule has 0 saturated carbocycles. The molecule has 0 aromatic heterocycles. The fourth-order valence-electron chi connectivity index (χ4n) is 2.59. The molecule has 1 aliphatic rings. The van der Waals surface area contributed by atoms with Gasteiger partial charge in [0.05, 0.1) is 7.11 Å². The Balaban J connectivity index is 2.13. The Kier molecular flexibility index (Phi) is 4.32. The molecule has 4 nitrogen and oxygen atoms in total. The molecule has 106 valence electrons. The number of hydrogen-bond acceptors (Lipinski definition) is 4. The van der Waals surface area contributed by atoms with Gasteiger partial charge in [0.2, 0.25) is 0 Å². The van der Waals surface area contributed by atoms with Crippen molar-refractivity contribution in [3.05, 3.63) is 23.8 Å². The zero-order valence-corrected chi connectivity index (χ0v) is 12.3. The summed E-state index contributed by atoms with van der Waals surface area (Å²) in [6.45, 7) is 7.72. The van der Waals surface area contributed by atoms with Gasteiger partial charge in [-0.1, -0.05) is 6.07 Å². The number of likely N-dealkylation sites (N-methyl/N-ethyl adjacent to an activating group) is 1. The normalized spacial score (nSPS) is 23.3. The summed E-state index contributed by atoms with van der Waals surface area (Å²) in [6.07, 6.45) is 0. The van der Waals surface area contributed by atoms with E-state index < -0.39 is 0 Å². The Morgan fingerprint density at radius 2 is 2.11 bits per heavy atom. The van der Waals surface area contributed by atoms with E-state index in [9.17, 15) is 5.11 Å². The number of methoxy groups -OCH3 is 1. The van der Waals surface area contributed by atoms with E-state index in [0.717, 1.165) is 19.6 Å². The predicted octanol–water partition coefficient (Wildman–Crippen LogP) is 2.10. The van der Waals surface area contributed by atoms with Crippen LogP contribution in [0.4, 0.5) is 0 Å². The molecule has 0 amide bonds. The van der Waals surface area contributed by atoms with Crippen LogP contribution in [-0.4, -0.2) is 54.7 Å². The molecule has 0 spiro atoms. The Labute approximate surface area is 115 Å². The molecular formula is C15H24N2O2. The Bertz CT molecular complexity index is 436. The summed E-state index contributed by atoms with van der Waals surface area (Å²) < 4.78 is 5.18. The third kappa shape index (κ3) is 3.01. The molecule has 1 heterocycles. The van der Waals surface area contributed by atoms with Crippen LogP contribution in [0.3, 0.4) is 0 Å². The van der Waals surface area contributed by atoms with E-state index in [1.807, 2.05) is 12.1 Å². The number of hydrogen-bond donors (Lipinski definition) is 1. The van der Waals surface area contributed by atoms with Crippen molar-refractivity contribution in [1.29, 1.82) is 0 Å². The number of phenolic OH excluding ortho intramolecular Hbond substituents is 1. The summed E-state index contributed by atoms with van der Waals surface area (Å²) in [4.78, 5) is 4.87. The van der Waals surface area contributed by atoms with E-state index in [1.165, 1.54) is 5.56 Å². The van der Waals surface area contributed by atoms with Crippen LogP contribution in [0.15, 0.2) is 18.2 Å². The van der Waals surface area contributed by atoms with Crippen LogP contribution in [0.5, 0.6) is 11.5 Å². The lowest BCUT2D eigenvalue weighted by atomic mass is 10.0. The average molecular weight is 264 g/mol. The van der Waals surface area contributed by atoms with Crippen molar-refractivity contribution >= 4 is 0 Å². The van der Waals surface area contributed by atoms with Crippen LogP contribution in [0, 0.1) is 0 Å². The van der Waals surface area contributed by atoms with Crippen LogP contribution >= 0.6 is 0 Å². The molecule has 1 aliphatic heterocycles. The summed E-state index contributed by atoms with van der Waals surface area (Å²) in [5.74, 6) is 0.747. The first-order valence-electron chi connectivity index (χ1n) is 6.84. The topological polar surface area (TPSA) is 35.9 Å². The standard InChI is InChI=1S/C15H24N2O2/c1-11-10-17(8-7-16(11)3)12(2)13-5-6-14(18)15(9-13)19-4/h5-6,9,11-12,18H,7-8,10H2,1-4H3. The second-order valence-electron chi connectivity index (χ2n) is 5.43. The van der Waals surface area contributed by atoms with Crippen molar-refractivity contribution in [2.45, 2.75) is 25.9 Å². The first-order chi connectivity index (χ1) is 9.02. The molecule has 2 rings (SSSR count). The Hall–Kier alpha value is -1.26. The molecule has 0 radical (unpaired) electrons. The highest BCUT2D eigenvalue weighted by Crippen LogP contribution is 2.31. The third-order valence-corrected chi connectivity index (χ3v) is 4.23. The molecule has 2 unspecified atom stereocenters. The average Bonchev–Trinajstić information content (AvgIpc) is 2.41. The SMILES string of the molecule is COc1cc(C(C)N2CCN(C)C(C)C2)ccc1O. The van der Waals surface area contributed by atoms with Gasteiger partial charge in [-0.25, -0.2) is 0 Å². The van der Waals surface area contributed by atoms with Crippen molar-refractivity contribution in [3.8, 4) is 11.5 Å². The van der Waals surface area contributed by atoms with Crippen LogP contribution in [-0.2, 0) is 0 Å². The summed E-state index contributed by atoms with van der Waals surface area (Å²) >= 11 is 0. The number of benzene rings is 1. The van der Waals surface area contributed by atoms with Crippen molar-refractivity contribution in [2.75, 3.05) is 33.8 Å². The predicted molar refractivity (Wildman–Crippen MR) is 76.7 cm³/mol. The van der Waals surface area contributed by atoms with Gasteiger partial charge in [-0.2, -0.15) is 0 Å². The van der Waals surface area contributed by atoms with Crippen molar-refractivity contribution in [2.24, 2.45) is 0 Å². The number of ether oxygens (including phenoxy) is 1. The fourth-order valence-corrected chi connectivity index (χ4v) is 2.59. The lowest BCUT2D eigenvalue weighted by Crippen LogP contribution is -2.50. The van der Waals surface area contributed by atoms with Crippen molar-refractivity contribution in [3.63, 3.8) is 0 Å². The van der Waals surface area contributed by atoms with Gasteiger partial charge < -0.3 is 14.7 Å². The molecule has 4 heteroatoms. The zero-order valence-electron chi connectivity index (χ0n) is 12.3. The Morgan fingerprint density at radius 1 is 1.37 bits per heavy atom. The van der Waals surface area contributed by atoms with Gasteiger partial charge in [-0.3, -0.25) is 4.90 Å².